The number of amidine groups is 1. The van der Waals surface area contributed by atoms with Crippen LogP contribution in [0.5, 0.6) is 0 Å². The zero-order valence-electron chi connectivity index (χ0n) is 12.5. The number of anilines is 1. The van der Waals surface area contributed by atoms with Crippen molar-refractivity contribution in [2.75, 3.05) is 37.7 Å². The number of allylic oxidation sites excluding steroid dienone is 1. The second-order valence-corrected chi connectivity index (χ2v) is 5.29. The Kier molecular flexibility index (Phi) is 4.80. The largest absolute Gasteiger partial charge is 0.378 e. The maximum absolute atomic E-state index is 10.7. The van der Waals surface area contributed by atoms with E-state index >= 15 is 0 Å². The van der Waals surface area contributed by atoms with E-state index in [1.807, 2.05) is 24.5 Å². The van der Waals surface area contributed by atoms with E-state index in [4.69, 9.17) is 9.73 Å². The smallest absolute Gasteiger partial charge is 0.125 e. The Hall–Kier alpha value is -2.21. The van der Waals surface area contributed by atoms with Crippen molar-refractivity contribution >= 4 is 17.8 Å². The number of hydrogen-bond donors (Lipinski definition) is 0. The van der Waals surface area contributed by atoms with Gasteiger partial charge in [0.2, 0.25) is 0 Å². The van der Waals surface area contributed by atoms with Gasteiger partial charge in [0.05, 0.1) is 37.3 Å². The summed E-state index contributed by atoms with van der Waals surface area (Å²) in [7, 11) is 0. The van der Waals surface area contributed by atoms with E-state index in [2.05, 4.69) is 14.8 Å². The number of morpholine rings is 1. The number of aliphatic imine (C=N–C) groups is 1. The van der Waals surface area contributed by atoms with Gasteiger partial charge >= 0.3 is 0 Å². The summed E-state index contributed by atoms with van der Waals surface area (Å²) in [6.45, 7) is 3.91. The number of aldehydes is 1. The van der Waals surface area contributed by atoms with E-state index in [9.17, 15) is 4.79 Å². The molecule has 0 saturated carbocycles. The highest BCUT2D eigenvalue weighted by molar-refractivity contribution is 5.89. The number of rotatable bonds is 4. The quantitative estimate of drug-likeness (QED) is 0.788. The van der Waals surface area contributed by atoms with Crippen LogP contribution >= 0.6 is 0 Å². The lowest BCUT2D eigenvalue weighted by Crippen LogP contribution is -2.46. The molecule has 0 bridgehead atoms. The predicted molar refractivity (Wildman–Crippen MR) is 84.8 cm³/mol. The van der Waals surface area contributed by atoms with Crippen LogP contribution in [-0.2, 0) is 9.53 Å². The fraction of sp³-hybridized carbons (Fsp3) is 0.438. The fourth-order valence-electron chi connectivity index (χ4n) is 2.62. The lowest BCUT2D eigenvalue weighted by atomic mass is 10.2. The van der Waals surface area contributed by atoms with Crippen molar-refractivity contribution in [3.63, 3.8) is 0 Å². The summed E-state index contributed by atoms with van der Waals surface area (Å²) >= 11 is 0. The Morgan fingerprint density at radius 3 is 2.91 bits per heavy atom. The lowest BCUT2D eigenvalue weighted by Gasteiger charge is -2.35. The molecule has 1 aromatic rings. The molecular weight excluding hydrogens is 280 g/mol. The van der Waals surface area contributed by atoms with Crippen LogP contribution in [0.2, 0.25) is 0 Å². The molecule has 2 aliphatic rings. The monoisotopic (exact) mass is 300 g/mol. The minimum atomic E-state index is 0.493. The SMILES string of the molecule is O=CCCC1=CN(c2cccnc2)CC(N2CCOCC2)=N1. The van der Waals surface area contributed by atoms with Gasteiger partial charge in [-0.15, -0.1) is 0 Å². The third-order valence-corrected chi connectivity index (χ3v) is 3.76. The lowest BCUT2D eigenvalue weighted by molar-refractivity contribution is -0.107. The molecule has 0 aromatic carbocycles. The molecule has 0 unspecified atom stereocenters. The Balaban J connectivity index is 1.82. The second-order valence-electron chi connectivity index (χ2n) is 5.29. The van der Waals surface area contributed by atoms with Crippen molar-refractivity contribution in [3.05, 3.63) is 36.4 Å². The van der Waals surface area contributed by atoms with Crippen molar-refractivity contribution < 1.29 is 9.53 Å². The minimum absolute atomic E-state index is 0.493. The van der Waals surface area contributed by atoms with Crippen LogP contribution in [0.25, 0.3) is 0 Å². The summed E-state index contributed by atoms with van der Waals surface area (Å²) in [5.41, 5.74) is 1.97. The zero-order valence-corrected chi connectivity index (χ0v) is 12.5. The van der Waals surface area contributed by atoms with Crippen molar-refractivity contribution in [1.29, 1.82) is 0 Å². The first-order valence-electron chi connectivity index (χ1n) is 7.58. The first-order valence-corrected chi connectivity index (χ1v) is 7.58. The van der Waals surface area contributed by atoms with Crippen molar-refractivity contribution in [2.24, 2.45) is 4.99 Å². The van der Waals surface area contributed by atoms with Gasteiger partial charge in [-0.2, -0.15) is 0 Å². The van der Waals surface area contributed by atoms with Crippen molar-refractivity contribution in [2.45, 2.75) is 12.8 Å². The molecule has 6 nitrogen and oxygen atoms in total. The van der Waals surface area contributed by atoms with E-state index in [0.29, 0.717) is 12.8 Å². The number of hydrogen-bond acceptors (Lipinski definition) is 6. The first kappa shape index (κ1) is 14.7. The number of carbonyl (C=O) groups is 1. The molecule has 22 heavy (non-hydrogen) atoms. The molecule has 0 N–H and O–H groups in total. The summed E-state index contributed by atoms with van der Waals surface area (Å²) in [5, 5.41) is 0. The van der Waals surface area contributed by atoms with Crippen molar-refractivity contribution in [1.82, 2.24) is 9.88 Å². The van der Waals surface area contributed by atoms with E-state index in [1.54, 1.807) is 6.20 Å². The Morgan fingerprint density at radius 1 is 1.32 bits per heavy atom. The van der Waals surface area contributed by atoms with Crippen LogP contribution in [0, 0.1) is 0 Å². The van der Waals surface area contributed by atoms with Crippen LogP contribution in [0.15, 0.2) is 41.4 Å². The number of pyridine rings is 1. The van der Waals surface area contributed by atoms with Gasteiger partial charge in [0.1, 0.15) is 12.1 Å². The van der Waals surface area contributed by atoms with Gasteiger partial charge in [-0.1, -0.05) is 0 Å². The van der Waals surface area contributed by atoms with Gasteiger partial charge in [-0.25, -0.2) is 4.99 Å². The summed E-state index contributed by atoms with van der Waals surface area (Å²) in [5.74, 6) is 1.04. The molecular formula is C16H20N4O2. The average Bonchev–Trinajstić information content (AvgIpc) is 2.61. The Bertz CT molecular complexity index is 565. The molecule has 0 aliphatic carbocycles. The van der Waals surface area contributed by atoms with Gasteiger partial charge in [-0.05, 0) is 18.6 Å². The summed E-state index contributed by atoms with van der Waals surface area (Å²) in [6.07, 6.45) is 7.72. The van der Waals surface area contributed by atoms with Crippen LogP contribution < -0.4 is 4.90 Å². The maximum atomic E-state index is 10.7. The molecule has 0 atom stereocenters. The number of ether oxygens (including phenoxy) is 1. The molecule has 3 heterocycles. The van der Waals surface area contributed by atoms with Crippen LogP contribution in [0.4, 0.5) is 5.69 Å². The first-order chi connectivity index (χ1) is 10.9. The van der Waals surface area contributed by atoms with Crippen LogP contribution in [0.3, 0.4) is 0 Å². The molecule has 3 rings (SSSR count). The standard InChI is InChI=1S/C16H20N4O2/c21-8-2-3-14-12-20(15-4-1-5-17-11-15)13-16(18-14)19-6-9-22-10-7-19/h1,4-5,8,11-12H,2-3,6-7,9-10,13H2. The molecule has 1 saturated heterocycles. The summed E-state index contributed by atoms with van der Waals surface area (Å²) < 4.78 is 5.41. The third-order valence-electron chi connectivity index (χ3n) is 3.76. The molecule has 0 spiro atoms. The van der Waals surface area contributed by atoms with Gasteiger partial charge in [0.15, 0.2) is 0 Å². The highest BCUT2D eigenvalue weighted by atomic mass is 16.5. The van der Waals surface area contributed by atoms with Gasteiger partial charge in [0.25, 0.3) is 0 Å². The number of carbonyl (C=O) groups excluding carboxylic acids is 1. The van der Waals surface area contributed by atoms with E-state index in [-0.39, 0.29) is 0 Å². The number of aromatic nitrogens is 1. The average molecular weight is 300 g/mol. The maximum Gasteiger partial charge on any atom is 0.125 e. The van der Waals surface area contributed by atoms with Gasteiger partial charge < -0.3 is 19.3 Å². The van der Waals surface area contributed by atoms with E-state index in [1.165, 1.54) is 0 Å². The zero-order chi connectivity index (χ0) is 15.2. The van der Waals surface area contributed by atoms with E-state index in [0.717, 1.165) is 56.4 Å². The minimum Gasteiger partial charge on any atom is -0.378 e. The molecule has 0 radical (unpaired) electrons. The Morgan fingerprint density at radius 2 is 2.18 bits per heavy atom. The highest BCUT2D eigenvalue weighted by Crippen LogP contribution is 2.21. The van der Waals surface area contributed by atoms with E-state index < -0.39 is 0 Å². The summed E-state index contributed by atoms with van der Waals surface area (Å²) in [4.78, 5) is 24.0. The van der Waals surface area contributed by atoms with Gasteiger partial charge in [0, 0.05) is 31.9 Å². The third kappa shape index (κ3) is 3.51. The molecule has 2 aliphatic heterocycles. The number of nitrogens with zero attached hydrogens (tertiary/aromatic N) is 4. The predicted octanol–water partition coefficient (Wildman–Crippen LogP) is 1.45. The molecule has 6 heteroatoms. The Labute approximate surface area is 130 Å². The highest BCUT2D eigenvalue weighted by Gasteiger charge is 2.21. The second kappa shape index (κ2) is 7.17. The molecule has 1 fully saturated rings. The normalized spacial score (nSPS) is 18.7. The fourth-order valence-corrected chi connectivity index (χ4v) is 2.62. The molecule has 1 aromatic heterocycles. The summed E-state index contributed by atoms with van der Waals surface area (Å²) in [6, 6.07) is 3.96. The molecule has 0 amide bonds. The topological polar surface area (TPSA) is 58.0 Å². The van der Waals surface area contributed by atoms with Crippen LogP contribution in [0.1, 0.15) is 12.8 Å². The van der Waals surface area contributed by atoms with Gasteiger partial charge in [-0.3, -0.25) is 4.98 Å². The van der Waals surface area contributed by atoms with Crippen LogP contribution in [-0.4, -0.2) is 54.9 Å². The molecule has 116 valence electrons. The van der Waals surface area contributed by atoms with Crippen molar-refractivity contribution in [3.8, 4) is 0 Å².